The van der Waals surface area contributed by atoms with Crippen LogP contribution >= 0.6 is 15.9 Å². The minimum atomic E-state index is -0.130. The molecule has 0 N–H and O–H groups in total. The maximum atomic E-state index is 5.23. The Labute approximate surface area is 114 Å². The predicted octanol–water partition coefficient (Wildman–Crippen LogP) is 1.94. The highest BCUT2D eigenvalue weighted by atomic mass is 79.9. The SMILES string of the molecule is CC(C)(C)c1nc(Cn2cc(CCBr)nn2)no1. The van der Waals surface area contributed by atoms with E-state index in [1.807, 2.05) is 27.0 Å². The van der Waals surface area contributed by atoms with Crippen molar-refractivity contribution in [3.05, 3.63) is 23.6 Å². The summed E-state index contributed by atoms with van der Waals surface area (Å²) in [7, 11) is 0. The third-order valence-corrected chi connectivity index (χ3v) is 2.75. The van der Waals surface area contributed by atoms with E-state index in [1.165, 1.54) is 0 Å². The molecule has 0 fully saturated rings. The topological polar surface area (TPSA) is 69.6 Å². The van der Waals surface area contributed by atoms with E-state index in [0.717, 1.165) is 17.4 Å². The van der Waals surface area contributed by atoms with E-state index in [9.17, 15) is 0 Å². The van der Waals surface area contributed by atoms with E-state index in [1.54, 1.807) is 4.68 Å². The van der Waals surface area contributed by atoms with Gasteiger partial charge in [0.2, 0.25) is 5.89 Å². The first-order valence-corrected chi connectivity index (χ1v) is 6.89. The summed E-state index contributed by atoms with van der Waals surface area (Å²) in [5.41, 5.74) is 0.820. The molecule has 98 valence electrons. The number of nitrogens with zero attached hydrogens (tertiary/aromatic N) is 5. The largest absolute Gasteiger partial charge is 0.339 e. The molecule has 0 saturated heterocycles. The second kappa shape index (κ2) is 5.17. The van der Waals surface area contributed by atoms with E-state index >= 15 is 0 Å². The van der Waals surface area contributed by atoms with Crippen LogP contribution in [0.5, 0.6) is 0 Å². The van der Waals surface area contributed by atoms with Gasteiger partial charge in [0.05, 0.1) is 5.69 Å². The lowest BCUT2D eigenvalue weighted by molar-refractivity contribution is 0.317. The third kappa shape index (κ3) is 3.16. The fraction of sp³-hybridized carbons (Fsp3) is 0.636. The van der Waals surface area contributed by atoms with Gasteiger partial charge >= 0.3 is 0 Å². The number of alkyl halides is 1. The first kappa shape index (κ1) is 13.2. The quantitative estimate of drug-likeness (QED) is 0.807. The van der Waals surface area contributed by atoms with E-state index in [-0.39, 0.29) is 5.41 Å². The van der Waals surface area contributed by atoms with Crippen molar-refractivity contribution in [1.29, 1.82) is 0 Å². The average Bonchev–Trinajstić information content (AvgIpc) is 2.88. The summed E-state index contributed by atoms with van der Waals surface area (Å²) in [6.07, 6.45) is 2.76. The Hall–Kier alpha value is -1.24. The van der Waals surface area contributed by atoms with Crippen molar-refractivity contribution in [3.63, 3.8) is 0 Å². The highest BCUT2D eigenvalue weighted by Gasteiger charge is 2.21. The van der Waals surface area contributed by atoms with E-state index in [0.29, 0.717) is 18.3 Å². The summed E-state index contributed by atoms with van der Waals surface area (Å²) in [6, 6.07) is 0. The Kier molecular flexibility index (Phi) is 3.79. The van der Waals surface area contributed by atoms with Crippen LogP contribution in [0.25, 0.3) is 0 Å². The third-order valence-electron chi connectivity index (χ3n) is 2.35. The molecule has 2 rings (SSSR count). The van der Waals surface area contributed by atoms with Crippen LogP contribution in [0.1, 0.15) is 38.2 Å². The van der Waals surface area contributed by atoms with Crippen LogP contribution in [0, 0.1) is 0 Å². The molecule has 0 radical (unpaired) electrons. The van der Waals surface area contributed by atoms with Gasteiger partial charge < -0.3 is 4.52 Å². The van der Waals surface area contributed by atoms with Gasteiger partial charge in [0.25, 0.3) is 0 Å². The summed E-state index contributed by atoms with van der Waals surface area (Å²) in [6.45, 7) is 6.59. The second-order valence-corrected chi connectivity index (χ2v) is 5.91. The minimum Gasteiger partial charge on any atom is -0.339 e. The molecule has 7 heteroatoms. The van der Waals surface area contributed by atoms with Crippen molar-refractivity contribution in [2.75, 3.05) is 5.33 Å². The van der Waals surface area contributed by atoms with E-state index < -0.39 is 0 Å². The molecule has 0 amide bonds. The molecule has 0 aliphatic carbocycles. The van der Waals surface area contributed by atoms with Gasteiger partial charge in [-0.25, -0.2) is 4.68 Å². The minimum absolute atomic E-state index is 0.130. The monoisotopic (exact) mass is 313 g/mol. The van der Waals surface area contributed by atoms with Crippen molar-refractivity contribution < 1.29 is 4.52 Å². The Morgan fingerprint density at radius 3 is 2.78 bits per heavy atom. The van der Waals surface area contributed by atoms with Crippen LogP contribution in [0.2, 0.25) is 0 Å². The van der Waals surface area contributed by atoms with Crippen LogP contribution in [-0.4, -0.2) is 30.5 Å². The molecule has 2 aromatic heterocycles. The fourth-order valence-electron chi connectivity index (χ4n) is 1.39. The van der Waals surface area contributed by atoms with Gasteiger partial charge in [-0.05, 0) is 0 Å². The van der Waals surface area contributed by atoms with Gasteiger partial charge in [-0.2, -0.15) is 4.98 Å². The zero-order chi connectivity index (χ0) is 13.2. The lowest BCUT2D eigenvalue weighted by Gasteiger charge is -2.10. The number of hydrogen-bond acceptors (Lipinski definition) is 5. The first-order valence-electron chi connectivity index (χ1n) is 5.77. The van der Waals surface area contributed by atoms with Gasteiger partial charge in [-0.3, -0.25) is 0 Å². The maximum absolute atomic E-state index is 5.23. The fourth-order valence-corrected chi connectivity index (χ4v) is 1.80. The number of halogens is 1. The molecular weight excluding hydrogens is 298 g/mol. The smallest absolute Gasteiger partial charge is 0.232 e. The van der Waals surface area contributed by atoms with Crippen LogP contribution in [-0.2, 0) is 18.4 Å². The van der Waals surface area contributed by atoms with E-state index in [2.05, 4.69) is 36.4 Å². The molecule has 6 nitrogen and oxygen atoms in total. The van der Waals surface area contributed by atoms with Crippen molar-refractivity contribution >= 4 is 15.9 Å². The molecule has 2 aromatic rings. The normalized spacial score (nSPS) is 12.0. The Balaban J connectivity index is 2.06. The van der Waals surface area contributed by atoms with Crippen molar-refractivity contribution in [3.8, 4) is 0 Å². The average molecular weight is 314 g/mol. The Morgan fingerprint density at radius 1 is 1.39 bits per heavy atom. The summed E-state index contributed by atoms with van der Waals surface area (Å²) in [5, 5.41) is 12.9. The van der Waals surface area contributed by atoms with Gasteiger partial charge in [-0.15, -0.1) is 5.10 Å². The van der Waals surface area contributed by atoms with Gasteiger partial charge in [-0.1, -0.05) is 47.1 Å². The molecule has 0 unspecified atom stereocenters. The van der Waals surface area contributed by atoms with Crippen molar-refractivity contribution in [2.45, 2.75) is 39.2 Å². The molecule has 0 saturated carbocycles. The highest BCUT2D eigenvalue weighted by Crippen LogP contribution is 2.19. The standard InChI is InChI=1S/C11H16BrN5O/c1-11(2,3)10-13-9(15-18-10)7-17-6-8(4-5-12)14-16-17/h6H,4-5,7H2,1-3H3. The van der Waals surface area contributed by atoms with Gasteiger partial charge in [0, 0.05) is 23.4 Å². The lowest BCUT2D eigenvalue weighted by atomic mass is 9.97. The zero-order valence-electron chi connectivity index (χ0n) is 10.7. The maximum Gasteiger partial charge on any atom is 0.232 e. The van der Waals surface area contributed by atoms with Crippen molar-refractivity contribution in [1.82, 2.24) is 25.1 Å². The number of hydrogen-bond donors (Lipinski definition) is 0. The number of aryl methyl sites for hydroxylation is 1. The summed E-state index contributed by atoms with van der Waals surface area (Å²) in [5.74, 6) is 1.26. The molecule has 0 aliphatic rings. The molecule has 18 heavy (non-hydrogen) atoms. The molecule has 0 spiro atoms. The molecular formula is C11H16BrN5O. The van der Waals surface area contributed by atoms with Gasteiger partial charge in [0.15, 0.2) is 5.82 Å². The number of aromatic nitrogens is 5. The second-order valence-electron chi connectivity index (χ2n) is 5.11. The number of rotatable bonds is 4. The van der Waals surface area contributed by atoms with Crippen LogP contribution in [0.4, 0.5) is 0 Å². The predicted molar refractivity (Wildman–Crippen MR) is 69.6 cm³/mol. The first-order chi connectivity index (χ1) is 8.49. The summed E-state index contributed by atoms with van der Waals surface area (Å²) < 4.78 is 6.94. The van der Waals surface area contributed by atoms with E-state index in [4.69, 9.17) is 4.52 Å². The molecule has 0 atom stereocenters. The summed E-state index contributed by atoms with van der Waals surface area (Å²) in [4.78, 5) is 4.36. The van der Waals surface area contributed by atoms with Gasteiger partial charge in [0.1, 0.15) is 6.54 Å². The zero-order valence-corrected chi connectivity index (χ0v) is 12.3. The van der Waals surface area contributed by atoms with Crippen molar-refractivity contribution in [2.24, 2.45) is 0 Å². The molecule has 2 heterocycles. The highest BCUT2D eigenvalue weighted by molar-refractivity contribution is 9.09. The Morgan fingerprint density at radius 2 is 2.17 bits per heavy atom. The molecule has 0 bridgehead atoms. The Bertz CT molecular complexity index is 513. The summed E-state index contributed by atoms with van der Waals surface area (Å²) >= 11 is 3.37. The lowest BCUT2D eigenvalue weighted by Crippen LogP contribution is -2.12. The van der Waals surface area contributed by atoms with Crippen LogP contribution in [0.3, 0.4) is 0 Å². The van der Waals surface area contributed by atoms with Crippen LogP contribution < -0.4 is 0 Å². The molecule has 0 aromatic carbocycles. The van der Waals surface area contributed by atoms with Crippen LogP contribution in [0.15, 0.2) is 10.7 Å². The molecule has 0 aliphatic heterocycles.